The van der Waals surface area contributed by atoms with Crippen LogP contribution in [0.4, 0.5) is 17.3 Å². The average Bonchev–Trinajstić information content (AvgIpc) is 2.96. The van der Waals surface area contributed by atoms with Crippen molar-refractivity contribution in [1.29, 1.82) is 0 Å². The van der Waals surface area contributed by atoms with Gasteiger partial charge >= 0.3 is 0 Å². The molecule has 0 atom stereocenters. The second kappa shape index (κ2) is 6.05. The third kappa shape index (κ3) is 2.80. The number of benzene rings is 1. The summed E-state index contributed by atoms with van der Waals surface area (Å²) in [5.41, 5.74) is 5.02. The maximum absolute atomic E-state index is 4.39. The Kier molecular flexibility index (Phi) is 3.96. The van der Waals surface area contributed by atoms with E-state index < -0.39 is 0 Å². The number of hydrogen-bond acceptors (Lipinski definition) is 6. The minimum absolute atomic E-state index is 0.861. The Morgan fingerprint density at radius 3 is 2.81 bits per heavy atom. The van der Waals surface area contributed by atoms with E-state index in [1.807, 2.05) is 24.7 Å². The Morgan fingerprint density at radius 2 is 2.00 bits per heavy atom. The van der Waals surface area contributed by atoms with Crippen molar-refractivity contribution in [3.63, 3.8) is 0 Å². The maximum atomic E-state index is 4.39. The molecule has 108 valence electrons. The molecule has 6 heteroatoms. The van der Waals surface area contributed by atoms with Gasteiger partial charge in [0.15, 0.2) is 0 Å². The summed E-state index contributed by atoms with van der Waals surface area (Å²) in [6.07, 6.45) is 3.56. The van der Waals surface area contributed by atoms with Gasteiger partial charge in [-0.2, -0.15) is 0 Å². The summed E-state index contributed by atoms with van der Waals surface area (Å²) < 4.78 is 1.17. The first kappa shape index (κ1) is 13.8. The van der Waals surface area contributed by atoms with Crippen LogP contribution in [0, 0.1) is 0 Å². The lowest BCUT2D eigenvalue weighted by Crippen LogP contribution is -2.05. The molecule has 0 aliphatic carbocycles. The fourth-order valence-electron chi connectivity index (χ4n) is 2.29. The lowest BCUT2D eigenvalue weighted by atomic mass is 10.1. The molecule has 0 unspecified atom stereocenters. The van der Waals surface area contributed by atoms with Gasteiger partial charge in [0.05, 0.1) is 15.7 Å². The molecule has 0 aliphatic heterocycles. The van der Waals surface area contributed by atoms with Gasteiger partial charge in [-0.25, -0.2) is 15.0 Å². The third-order valence-electron chi connectivity index (χ3n) is 3.28. The van der Waals surface area contributed by atoms with Crippen molar-refractivity contribution in [2.75, 3.05) is 17.7 Å². The van der Waals surface area contributed by atoms with Crippen LogP contribution in [0.25, 0.3) is 10.2 Å². The molecule has 0 saturated carbocycles. The number of nitrogens with one attached hydrogen (secondary N) is 2. The average molecular weight is 299 g/mol. The monoisotopic (exact) mass is 299 g/mol. The summed E-state index contributed by atoms with van der Waals surface area (Å²) in [5.74, 6) is 1.74. The molecule has 0 amide bonds. The van der Waals surface area contributed by atoms with Crippen molar-refractivity contribution in [3.8, 4) is 0 Å². The maximum Gasteiger partial charge on any atom is 0.139 e. The molecule has 0 saturated heterocycles. The Labute approximate surface area is 127 Å². The van der Waals surface area contributed by atoms with Crippen LogP contribution < -0.4 is 10.6 Å². The molecular weight excluding hydrogens is 282 g/mol. The fraction of sp³-hybridized carbons (Fsp3) is 0.267. The zero-order chi connectivity index (χ0) is 14.7. The van der Waals surface area contributed by atoms with Crippen molar-refractivity contribution in [2.24, 2.45) is 0 Å². The number of fused-ring (bicyclic) bond motifs is 1. The lowest BCUT2D eigenvalue weighted by Gasteiger charge is -2.13. The number of nitrogens with zero attached hydrogens (tertiary/aromatic N) is 3. The van der Waals surface area contributed by atoms with Crippen molar-refractivity contribution in [3.05, 3.63) is 35.6 Å². The number of thiazole rings is 1. The molecule has 0 radical (unpaired) electrons. The molecule has 1 aromatic carbocycles. The lowest BCUT2D eigenvalue weighted by molar-refractivity contribution is 0.906. The van der Waals surface area contributed by atoms with Gasteiger partial charge in [-0.05, 0) is 24.6 Å². The Hall–Kier alpha value is -2.21. The van der Waals surface area contributed by atoms with E-state index in [9.17, 15) is 0 Å². The molecule has 2 aromatic heterocycles. The van der Waals surface area contributed by atoms with Crippen LogP contribution in [0.1, 0.15) is 18.9 Å². The largest absolute Gasteiger partial charge is 0.373 e. The molecule has 0 spiro atoms. The molecule has 3 aromatic rings. The summed E-state index contributed by atoms with van der Waals surface area (Å²) in [4.78, 5) is 13.0. The first-order chi connectivity index (χ1) is 10.3. The number of aromatic nitrogens is 3. The second-order valence-corrected chi connectivity index (χ2v) is 5.60. The first-order valence-corrected chi connectivity index (χ1v) is 7.81. The van der Waals surface area contributed by atoms with Gasteiger partial charge < -0.3 is 10.6 Å². The normalized spacial score (nSPS) is 10.8. The summed E-state index contributed by atoms with van der Waals surface area (Å²) in [7, 11) is 1.88. The SMILES string of the molecule is CCCc1c(NC)ncnc1Nc1ccc2ncsc2c1. The first-order valence-electron chi connectivity index (χ1n) is 6.93. The van der Waals surface area contributed by atoms with Gasteiger partial charge in [0.25, 0.3) is 0 Å². The summed E-state index contributed by atoms with van der Waals surface area (Å²) in [5, 5.41) is 6.53. The van der Waals surface area contributed by atoms with Crippen molar-refractivity contribution >= 4 is 38.9 Å². The van der Waals surface area contributed by atoms with Gasteiger partial charge in [-0.3, -0.25) is 0 Å². The number of anilines is 3. The molecule has 0 fully saturated rings. The second-order valence-electron chi connectivity index (χ2n) is 4.71. The number of rotatable bonds is 5. The van der Waals surface area contributed by atoms with E-state index in [1.54, 1.807) is 17.7 Å². The quantitative estimate of drug-likeness (QED) is 0.750. The molecule has 21 heavy (non-hydrogen) atoms. The van der Waals surface area contributed by atoms with Crippen LogP contribution in [-0.4, -0.2) is 22.0 Å². The van der Waals surface area contributed by atoms with Crippen molar-refractivity contribution in [1.82, 2.24) is 15.0 Å². The topological polar surface area (TPSA) is 62.7 Å². The van der Waals surface area contributed by atoms with E-state index in [2.05, 4.69) is 38.6 Å². The van der Waals surface area contributed by atoms with E-state index in [0.717, 1.165) is 41.2 Å². The zero-order valence-electron chi connectivity index (χ0n) is 12.1. The molecule has 2 N–H and O–H groups in total. The van der Waals surface area contributed by atoms with Crippen LogP contribution in [0.15, 0.2) is 30.0 Å². The van der Waals surface area contributed by atoms with Crippen LogP contribution in [-0.2, 0) is 6.42 Å². The van der Waals surface area contributed by atoms with Crippen LogP contribution in [0.3, 0.4) is 0 Å². The van der Waals surface area contributed by atoms with E-state index in [-0.39, 0.29) is 0 Å². The molecule has 3 rings (SSSR count). The smallest absolute Gasteiger partial charge is 0.139 e. The van der Waals surface area contributed by atoms with E-state index in [1.165, 1.54) is 4.70 Å². The Bertz CT molecular complexity index is 753. The molecule has 5 nitrogen and oxygen atoms in total. The Balaban J connectivity index is 1.96. The highest BCUT2D eigenvalue weighted by Gasteiger charge is 2.10. The summed E-state index contributed by atoms with van der Waals surface area (Å²) in [6.45, 7) is 2.15. The van der Waals surface area contributed by atoms with Gasteiger partial charge in [0, 0.05) is 18.3 Å². The van der Waals surface area contributed by atoms with Gasteiger partial charge in [0.2, 0.25) is 0 Å². The summed E-state index contributed by atoms with van der Waals surface area (Å²) in [6, 6.07) is 6.15. The fourth-order valence-corrected chi connectivity index (χ4v) is 3.01. The van der Waals surface area contributed by atoms with Crippen molar-refractivity contribution < 1.29 is 0 Å². The van der Waals surface area contributed by atoms with Crippen LogP contribution in [0.5, 0.6) is 0 Å². The van der Waals surface area contributed by atoms with Crippen molar-refractivity contribution in [2.45, 2.75) is 19.8 Å². The van der Waals surface area contributed by atoms with E-state index >= 15 is 0 Å². The van der Waals surface area contributed by atoms with Gasteiger partial charge in [0.1, 0.15) is 18.0 Å². The molecular formula is C15H17N5S. The third-order valence-corrected chi connectivity index (χ3v) is 4.07. The predicted molar refractivity (Wildman–Crippen MR) is 88.5 cm³/mol. The van der Waals surface area contributed by atoms with E-state index in [4.69, 9.17) is 0 Å². The molecule has 0 bridgehead atoms. The number of hydrogen-bond donors (Lipinski definition) is 2. The predicted octanol–water partition coefficient (Wildman–Crippen LogP) is 3.82. The van der Waals surface area contributed by atoms with Gasteiger partial charge in [-0.1, -0.05) is 13.3 Å². The minimum atomic E-state index is 0.861. The molecule has 0 aliphatic rings. The molecule has 2 heterocycles. The van der Waals surface area contributed by atoms with Crippen LogP contribution >= 0.6 is 11.3 Å². The standard InChI is InChI=1S/C15H17N5S/c1-3-4-11-14(16-2)17-8-18-15(11)20-10-5-6-12-13(7-10)21-9-19-12/h5-9H,3-4H2,1-2H3,(H2,16,17,18,20). The van der Waals surface area contributed by atoms with E-state index in [0.29, 0.717) is 0 Å². The van der Waals surface area contributed by atoms with Crippen LogP contribution in [0.2, 0.25) is 0 Å². The highest BCUT2D eigenvalue weighted by Crippen LogP contribution is 2.27. The highest BCUT2D eigenvalue weighted by molar-refractivity contribution is 7.16. The zero-order valence-corrected chi connectivity index (χ0v) is 12.9. The Morgan fingerprint density at radius 1 is 1.14 bits per heavy atom. The summed E-state index contributed by atoms with van der Waals surface area (Å²) >= 11 is 1.64. The minimum Gasteiger partial charge on any atom is -0.373 e. The van der Waals surface area contributed by atoms with Gasteiger partial charge in [-0.15, -0.1) is 11.3 Å². The highest BCUT2D eigenvalue weighted by atomic mass is 32.1.